The van der Waals surface area contributed by atoms with E-state index >= 15 is 0 Å². The second kappa shape index (κ2) is 7.53. The van der Waals surface area contributed by atoms with Gasteiger partial charge in [0.1, 0.15) is 11.4 Å². The monoisotopic (exact) mass is 389 g/mol. The SMILES string of the molecule is Cc1ccc2c(c1)OC(C)(C)CC2NC(=O)C(C)Sc1ccc(Cl)cc1. The van der Waals surface area contributed by atoms with Crippen LogP contribution in [0, 0.1) is 6.92 Å². The average molecular weight is 390 g/mol. The first-order valence-electron chi connectivity index (χ1n) is 8.76. The lowest BCUT2D eigenvalue weighted by Gasteiger charge is -2.38. The number of nitrogens with one attached hydrogen (secondary N) is 1. The lowest BCUT2D eigenvalue weighted by atomic mass is 9.89. The minimum atomic E-state index is -0.314. The molecular weight excluding hydrogens is 366 g/mol. The highest BCUT2D eigenvalue weighted by Crippen LogP contribution is 2.40. The van der Waals surface area contributed by atoms with Gasteiger partial charge in [0, 0.05) is 21.9 Å². The minimum absolute atomic E-state index is 0.0270. The minimum Gasteiger partial charge on any atom is -0.487 e. The number of rotatable bonds is 4. The summed E-state index contributed by atoms with van der Waals surface area (Å²) < 4.78 is 6.11. The summed E-state index contributed by atoms with van der Waals surface area (Å²) in [6, 6.07) is 13.7. The van der Waals surface area contributed by atoms with Gasteiger partial charge in [-0.2, -0.15) is 0 Å². The van der Waals surface area contributed by atoms with Crippen molar-refractivity contribution in [1.82, 2.24) is 5.32 Å². The molecule has 2 unspecified atom stereocenters. The van der Waals surface area contributed by atoms with Crippen LogP contribution in [-0.2, 0) is 4.79 Å². The Morgan fingerprint density at radius 2 is 1.96 bits per heavy atom. The Balaban J connectivity index is 1.73. The van der Waals surface area contributed by atoms with E-state index < -0.39 is 0 Å². The van der Waals surface area contributed by atoms with Crippen LogP contribution in [0.2, 0.25) is 5.02 Å². The Bertz CT molecular complexity index is 804. The number of carbonyl (C=O) groups excluding carboxylic acids is 1. The molecule has 0 fully saturated rings. The molecule has 3 nitrogen and oxygen atoms in total. The zero-order chi connectivity index (χ0) is 18.9. The molecule has 1 amide bonds. The summed E-state index contributed by atoms with van der Waals surface area (Å²) in [4.78, 5) is 13.8. The topological polar surface area (TPSA) is 38.3 Å². The molecule has 0 radical (unpaired) electrons. The maximum absolute atomic E-state index is 12.8. The molecule has 0 aromatic heterocycles. The van der Waals surface area contributed by atoms with Gasteiger partial charge in [0.25, 0.3) is 0 Å². The number of thioether (sulfide) groups is 1. The summed E-state index contributed by atoms with van der Waals surface area (Å²) in [6.45, 7) is 8.09. The Kier molecular flexibility index (Phi) is 5.54. The zero-order valence-corrected chi connectivity index (χ0v) is 17.1. The molecule has 0 aliphatic carbocycles. The van der Waals surface area contributed by atoms with Gasteiger partial charge in [0.05, 0.1) is 11.3 Å². The molecule has 0 spiro atoms. The highest BCUT2D eigenvalue weighted by atomic mass is 35.5. The van der Waals surface area contributed by atoms with E-state index in [0.29, 0.717) is 5.02 Å². The highest BCUT2D eigenvalue weighted by Gasteiger charge is 2.35. The summed E-state index contributed by atoms with van der Waals surface area (Å²) in [5.74, 6) is 0.892. The molecule has 1 aliphatic rings. The Morgan fingerprint density at radius 1 is 1.27 bits per heavy atom. The zero-order valence-electron chi connectivity index (χ0n) is 15.5. The summed E-state index contributed by atoms with van der Waals surface area (Å²) in [6.07, 6.45) is 0.743. The number of ether oxygens (including phenoxy) is 1. The molecule has 2 aromatic carbocycles. The van der Waals surface area contributed by atoms with Crippen molar-refractivity contribution in [3.63, 3.8) is 0 Å². The molecule has 1 aliphatic heterocycles. The van der Waals surface area contributed by atoms with Gasteiger partial charge in [0.15, 0.2) is 0 Å². The largest absolute Gasteiger partial charge is 0.487 e. The van der Waals surface area contributed by atoms with E-state index in [2.05, 4.69) is 31.3 Å². The number of aryl methyl sites for hydroxylation is 1. The molecule has 1 heterocycles. The van der Waals surface area contributed by atoms with Crippen molar-refractivity contribution >= 4 is 29.3 Å². The fraction of sp³-hybridized carbons (Fsp3) is 0.381. The maximum atomic E-state index is 12.8. The predicted molar refractivity (Wildman–Crippen MR) is 108 cm³/mol. The lowest BCUT2D eigenvalue weighted by Crippen LogP contribution is -2.43. The van der Waals surface area contributed by atoms with E-state index in [4.69, 9.17) is 16.3 Å². The Labute approximate surface area is 164 Å². The van der Waals surface area contributed by atoms with Crippen molar-refractivity contribution in [1.29, 1.82) is 0 Å². The van der Waals surface area contributed by atoms with E-state index in [9.17, 15) is 4.79 Å². The van der Waals surface area contributed by atoms with Crippen LogP contribution in [0.25, 0.3) is 0 Å². The maximum Gasteiger partial charge on any atom is 0.233 e. The third-order valence-electron chi connectivity index (χ3n) is 4.44. The number of benzene rings is 2. The van der Waals surface area contributed by atoms with Crippen molar-refractivity contribution in [2.45, 2.75) is 55.9 Å². The van der Waals surface area contributed by atoms with Crippen LogP contribution in [0.4, 0.5) is 0 Å². The first-order valence-corrected chi connectivity index (χ1v) is 10.0. The van der Waals surface area contributed by atoms with Gasteiger partial charge in [-0.05, 0) is 63.6 Å². The third-order valence-corrected chi connectivity index (χ3v) is 5.80. The molecule has 0 saturated carbocycles. The molecule has 26 heavy (non-hydrogen) atoms. The normalized spacial score (nSPS) is 19.2. The van der Waals surface area contributed by atoms with Crippen LogP contribution in [0.15, 0.2) is 47.4 Å². The molecule has 0 bridgehead atoms. The molecule has 0 saturated heterocycles. The summed E-state index contributed by atoms with van der Waals surface area (Å²) in [5.41, 5.74) is 1.89. The predicted octanol–water partition coefficient (Wildman–Crippen LogP) is 5.55. The van der Waals surface area contributed by atoms with Crippen molar-refractivity contribution in [2.24, 2.45) is 0 Å². The van der Waals surface area contributed by atoms with E-state index in [1.807, 2.05) is 44.2 Å². The van der Waals surface area contributed by atoms with Gasteiger partial charge in [0.2, 0.25) is 5.91 Å². The molecular formula is C21H24ClNO2S. The first kappa shape index (κ1) is 19.1. The third kappa shape index (κ3) is 4.54. The number of amides is 1. The summed E-state index contributed by atoms with van der Waals surface area (Å²) >= 11 is 7.46. The van der Waals surface area contributed by atoms with E-state index in [0.717, 1.165) is 28.2 Å². The van der Waals surface area contributed by atoms with Crippen LogP contribution in [0.5, 0.6) is 5.75 Å². The van der Waals surface area contributed by atoms with Gasteiger partial charge >= 0.3 is 0 Å². The molecule has 138 valence electrons. The van der Waals surface area contributed by atoms with Gasteiger partial charge < -0.3 is 10.1 Å². The number of carbonyl (C=O) groups is 1. The van der Waals surface area contributed by atoms with Crippen LogP contribution < -0.4 is 10.1 Å². The lowest BCUT2D eigenvalue weighted by molar-refractivity contribution is -0.121. The Hall–Kier alpha value is -1.65. The molecule has 5 heteroatoms. The van der Waals surface area contributed by atoms with Gasteiger partial charge in [-0.3, -0.25) is 4.79 Å². The number of hydrogen-bond acceptors (Lipinski definition) is 3. The second-order valence-corrected chi connectivity index (χ2v) is 9.23. The number of fused-ring (bicyclic) bond motifs is 1. The number of hydrogen-bond donors (Lipinski definition) is 1. The fourth-order valence-electron chi connectivity index (χ4n) is 3.15. The van der Waals surface area contributed by atoms with Crippen LogP contribution in [-0.4, -0.2) is 16.8 Å². The van der Waals surface area contributed by atoms with E-state index in [1.165, 1.54) is 11.8 Å². The summed E-state index contributed by atoms with van der Waals surface area (Å²) in [7, 11) is 0. The van der Waals surface area contributed by atoms with Crippen molar-refractivity contribution in [3.05, 3.63) is 58.6 Å². The van der Waals surface area contributed by atoms with Gasteiger partial charge in [-0.25, -0.2) is 0 Å². The molecule has 1 N–H and O–H groups in total. The first-order chi connectivity index (χ1) is 12.2. The van der Waals surface area contributed by atoms with Crippen molar-refractivity contribution in [2.75, 3.05) is 0 Å². The van der Waals surface area contributed by atoms with Crippen LogP contribution in [0.3, 0.4) is 0 Å². The molecule has 2 atom stereocenters. The smallest absolute Gasteiger partial charge is 0.233 e. The standard InChI is InChI=1S/C21H24ClNO2S/c1-13-5-10-17-18(12-21(3,4)25-19(17)11-13)23-20(24)14(2)26-16-8-6-15(22)7-9-16/h5-11,14,18H,12H2,1-4H3,(H,23,24). The van der Waals surface area contributed by atoms with E-state index in [1.54, 1.807) is 0 Å². The second-order valence-electron chi connectivity index (χ2n) is 7.38. The fourth-order valence-corrected chi connectivity index (χ4v) is 4.15. The van der Waals surface area contributed by atoms with Crippen LogP contribution in [0.1, 0.15) is 44.4 Å². The Morgan fingerprint density at radius 3 is 2.65 bits per heavy atom. The highest BCUT2D eigenvalue weighted by molar-refractivity contribution is 8.00. The van der Waals surface area contributed by atoms with Gasteiger partial charge in [-0.1, -0.05) is 23.7 Å². The average Bonchev–Trinajstić information content (AvgIpc) is 2.55. The van der Waals surface area contributed by atoms with E-state index in [-0.39, 0.29) is 22.8 Å². The van der Waals surface area contributed by atoms with Crippen molar-refractivity contribution in [3.8, 4) is 5.75 Å². The van der Waals surface area contributed by atoms with Gasteiger partial charge in [-0.15, -0.1) is 11.8 Å². The summed E-state index contributed by atoms with van der Waals surface area (Å²) in [5, 5.41) is 3.71. The molecule has 2 aromatic rings. The van der Waals surface area contributed by atoms with Crippen molar-refractivity contribution < 1.29 is 9.53 Å². The quantitative estimate of drug-likeness (QED) is 0.697. The van der Waals surface area contributed by atoms with Crippen LogP contribution >= 0.6 is 23.4 Å². The number of halogens is 1. The molecule has 3 rings (SSSR count).